The van der Waals surface area contributed by atoms with Crippen LogP contribution in [0, 0.1) is 17.8 Å². The summed E-state index contributed by atoms with van der Waals surface area (Å²) in [6.07, 6.45) is 1.84. The van der Waals surface area contributed by atoms with Gasteiger partial charge in [0, 0.05) is 12.5 Å². The highest BCUT2D eigenvalue weighted by Crippen LogP contribution is 2.21. The molecule has 0 fully saturated rings. The Morgan fingerprint density at radius 1 is 1.08 bits per heavy atom. The van der Waals surface area contributed by atoms with E-state index in [0.717, 1.165) is 12.8 Å². The molecule has 0 aliphatic heterocycles. The lowest BCUT2D eigenvalue weighted by Gasteiger charge is -2.25. The third-order valence-electron chi connectivity index (χ3n) is 2.93. The first-order valence-electron chi connectivity index (χ1n) is 5.31. The summed E-state index contributed by atoms with van der Waals surface area (Å²) in [6.45, 7) is 8.39. The predicted molar refractivity (Wildman–Crippen MR) is 55.5 cm³/mol. The van der Waals surface area contributed by atoms with E-state index in [1.165, 1.54) is 0 Å². The monoisotopic (exact) mass is 188 g/mol. The summed E-state index contributed by atoms with van der Waals surface area (Å²) in [5.41, 5.74) is 0. The Morgan fingerprint density at radius 3 is 2.00 bits per heavy atom. The van der Waals surface area contributed by atoms with Gasteiger partial charge in [0.25, 0.3) is 0 Å². The van der Waals surface area contributed by atoms with Crippen LogP contribution in [0.25, 0.3) is 0 Å². The molecule has 13 heavy (non-hydrogen) atoms. The minimum atomic E-state index is -0.362. The van der Waals surface area contributed by atoms with E-state index in [0.29, 0.717) is 5.92 Å². The number of aliphatic hydroxyl groups excluding tert-OH is 2. The normalized spacial score (nSPS) is 20.8. The standard InChI is InChI=1S/C11H24O2/c1-5-8(2)6-9(3)11(13)10(4)7-12/h8-13H,5-7H2,1-4H3/t8-,9-,10-,11+/m1/s1. The zero-order chi connectivity index (χ0) is 10.4. The van der Waals surface area contributed by atoms with Crippen LogP contribution < -0.4 is 0 Å². The Labute approximate surface area is 82.0 Å². The van der Waals surface area contributed by atoms with Crippen LogP contribution in [0.5, 0.6) is 0 Å². The van der Waals surface area contributed by atoms with Crippen LogP contribution in [0.15, 0.2) is 0 Å². The van der Waals surface area contributed by atoms with E-state index in [1.807, 2.05) is 6.92 Å². The van der Waals surface area contributed by atoms with Crippen molar-refractivity contribution in [2.75, 3.05) is 6.61 Å². The van der Waals surface area contributed by atoms with Crippen LogP contribution >= 0.6 is 0 Å². The summed E-state index contributed by atoms with van der Waals surface area (Å²) in [4.78, 5) is 0. The molecule has 0 radical (unpaired) electrons. The molecule has 0 amide bonds. The van der Waals surface area contributed by atoms with Crippen LogP contribution in [0.3, 0.4) is 0 Å². The van der Waals surface area contributed by atoms with Gasteiger partial charge in [0.1, 0.15) is 0 Å². The summed E-state index contributed by atoms with van der Waals surface area (Å²) < 4.78 is 0. The fourth-order valence-electron chi connectivity index (χ4n) is 1.61. The van der Waals surface area contributed by atoms with Gasteiger partial charge in [0.2, 0.25) is 0 Å². The molecule has 0 spiro atoms. The zero-order valence-corrected chi connectivity index (χ0v) is 9.33. The van der Waals surface area contributed by atoms with E-state index in [4.69, 9.17) is 5.11 Å². The molecule has 0 aromatic heterocycles. The second-order valence-corrected chi connectivity index (χ2v) is 4.38. The number of hydrogen-bond donors (Lipinski definition) is 2. The first-order valence-corrected chi connectivity index (χ1v) is 5.31. The topological polar surface area (TPSA) is 40.5 Å². The van der Waals surface area contributed by atoms with Crippen molar-refractivity contribution < 1.29 is 10.2 Å². The minimum Gasteiger partial charge on any atom is -0.396 e. The van der Waals surface area contributed by atoms with Crippen molar-refractivity contribution in [3.63, 3.8) is 0 Å². The summed E-state index contributed by atoms with van der Waals surface area (Å²) >= 11 is 0. The lowest BCUT2D eigenvalue weighted by atomic mass is 9.86. The minimum absolute atomic E-state index is 0.000874. The van der Waals surface area contributed by atoms with Gasteiger partial charge in [0.05, 0.1) is 6.10 Å². The number of aliphatic hydroxyl groups is 2. The highest BCUT2D eigenvalue weighted by Gasteiger charge is 2.21. The molecule has 0 unspecified atom stereocenters. The molecule has 0 aliphatic carbocycles. The van der Waals surface area contributed by atoms with Gasteiger partial charge >= 0.3 is 0 Å². The average molecular weight is 188 g/mol. The SMILES string of the molecule is CC[C@@H](C)C[C@@H](C)[C@H](O)[C@H](C)CO. The van der Waals surface area contributed by atoms with E-state index >= 15 is 0 Å². The van der Waals surface area contributed by atoms with Gasteiger partial charge in [0.15, 0.2) is 0 Å². The van der Waals surface area contributed by atoms with Crippen molar-refractivity contribution in [3.05, 3.63) is 0 Å². The first-order chi connectivity index (χ1) is 6.02. The number of rotatable bonds is 6. The molecule has 2 N–H and O–H groups in total. The smallest absolute Gasteiger partial charge is 0.0613 e. The molecule has 2 nitrogen and oxygen atoms in total. The largest absolute Gasteiger partial charge is 0.396 e. The van der Waals surface area contributed by atoms with Crippen LogP contribution in [0.4, 0.5) is 0 Å². The molecule has 80 valence electrons. The number of hydrogen-bond acceptors (Lipinski definition) is 2. The maximum Gasteiger partial charge on any atom is 0.0613 e. The van der Waals surface area contributed by atoms with E-state index in [2.05, 4.69) is 20.8 Å². The molecule has 0 rings (SSSR count). The Bertz CT molecular complexity index is 125. The molecule has 0 bridgehead atoms. The van der Waals surface area contributed by atoms with Gasteiger partial charge in [-0.15, -0.1) is 0 Å². The second-order valence-electron chi connectivity index (χ2n) is 4.38. The van der Waals surface area contributed by atoms with E-state index < -0.39 is 0 Å². The van der Waals surface area contributed by atoms with Crippen molar-refractivity contribution >= 4 is 0 Å². The van der Waals surface area contributed by atoms with Gasteiger partial charge in [-0.3, -0.25) is 0 Å². The van der Waals surface area contributed by atoms with Crippen molar-refractivity contribution in [2.24, 2.45) is 17.8 Å². The quantitative estimate of drug-likeness (QED) is 0.669. The highest BCUT2D eigenvalue weighted by molar-refractivity contribution is 4.71. The van der Waals surface area contributed by atoms with Crippen molar-refractivity contribution in [2.45, 2.75) is 46.6 Å². The second kappa shape index (κ2) is 6.39. The van der Waals surface area contributed by atoms with E-state index in [-0.39, 0.29) is 24.5 Å². The average Bonchev–Trinajstić information content (AvgIpc) is 2.14. The molecule has 0 saturated carbocycles. The lowest BCUT2D eigenvalue weighted by molar-refractivity contribution is 0.0289. The molecular weight excluding hydrogens is 164 g/mol. The van der Waals surface area contributed by atoms with Crippen LogP contribution in [-0.2, 0) is 0 Å². The van der Waals surface area contributed by atoms with E-state index in [1.54, 1.807) is 0 Å². The third kappa shape index (κ3) is 4.63. The zero-order valence-electron chi connectivity index (χ0n) is 9.33. The summed E-state index contributed by atoms with van der Waals surface area (Å²) in [5.74, 6) is 0.951. The maximum atomic E-state index is 9.77. The van der Waals surface area contributed by atoms with E-state index in [9.17, 15) is 5.11 Å². The fraction of sp³-hybridized carbons (Fsp3) is 1.00. The summed E-state index contributed by atoms with van der Waals surface area (Å²) in [6, 6.07) is 0. The van der Waals surface area contributed by atoms with Gasteiger partial charge in [-0.1, -0.05) is 34.1 Å². The summed E-state index contributed by atoms with van der Waals surface area (Å²) in [5, 5.41) is 18.7. The van der Waals surface area contributed by atoms with Crippen LogP contribution in [0.2, 0.25) is 0 Å². The molecule has 0 aromatic carbocycles. The van der Waals surface area contributed by atoms with Crippen LogP contribution in [0.1, 0.15) is 40.5 Å². The Balaban J connectivity index is 3.87. The van der Waals surface area contributed by atoms with Crippen molar-refractivity contribution in [1.29, 1.82) is 0 Å². The van der Waals surface area contributed by atoms with Gasteiger partial charge in [-0.2, -0.15) is 0 Å². The molecule has 4 atom stereocenters. The van der Waals surface area contributed by atoms with Gasteiger partial charge in [-0.05, 0) is 18.3 Å². The Morgan fingerprint density at radius 2 is 1.62 bits per heavy atom. The first kappa shape index (κ1) is 12.9. The molecule has 0 aliphatic rings. The van der Waals surface area contributed by atoms with Gasteiger partial charge < -0.3 is 10.2 Å². The molecule has 2 heteroatoms. The molecule has 0 saturated heterocycles. The van der Waals surface area contributed by atoms with Crippen LogP contribution in [-0.4, -0.2) is 22.9 Å². The lowest BCUT2D eigenvalue weighted by Crippen LogP contribution is -2.29. The molecule has 0 aromatic rings. The maximum absolute atomic E-state index is 9.77. The Hall–Kier alpha value is -0.0800. The highest BCUT2D eigenvalue weighted by atomic mass is 16.3. The third-order valence-corrected chi connectivity index (χ3v) is 2.93. The molecule has 0 heterocycles. The predicted octanol–water partition coefficient (Wildman–Crippen LogP) is 2.05. The Kier molecular flexibility index (Phi) is 6.35. The van der Waals surface area contributed by atoms with Crippen molar-refractivity contribution in [3.8, 4) is 0 Å². The van der Waals surface area contributed by atoms with Gasteiger partial charge in [-0.25, -0.2) is 0 Å². The van der Waals surface area contributed by atoms with Crippen molar-refractivity contribution in [1.82, 2.24) is 0 Å². The fourth-order valence-corrected chi connectivity index (χ4v) is 1.61. The summed E-state index contributed by atoms with van der Waals surface area (Å²) in [7, 11) is 0. The molecular formula is C11H24O2.